The van der Waals surface area contributed by atoms with E-state index in [0.29, 0.717) is 157 Å². The van der Waals surface area contributed by atoms with Crippen molar-refractivity contribution in [1.29, 1.82) is 0 Å². The molecule has 3 aliphatic heterocycles. The largest absolute Gasteiger partial charge is 0.487 e. The van der Waals surface area contributed by atoms with Gasteiger partial charge in [-0.05, 0) is 97.1 Å². The maximum absolute atomic E-state index is 14.1. The maximum Gasteiger partial charge on any atom is 0.193 e. The Balaban J connectivity index is 0.782. The van der Waals surface area contributed by atoms with E-state index in [2.05, 4.69) is 0 Å². The molecule has 82 heavy (non-hydrogen) atoms. The first-order valence-corrected chi connectivity index (χ1v) is 27.4. The molecule has 0 radical (unpaired) electrons. The van der Waals surface area contributed by atoms with Crippen molar-refractivity contribution in [1.82, 2.24) is 0 Å². The van der Waals surface area contributed by atoms with Gasteiger partial charge in [-0.25, -0.2) is 0 Å². The molecule has 20 heteroatoms. The van der Waals surface area contributed by atoms with Gasteiger partial charge in [0.15, 0.2) is 80.6 Å². The number of benzene rings is 6. The highest BCUT2D eigenvalue weighted by Gasteiger charge is 2.20. The monoisotopic (exact) mass is 1130 g/mol. The third kappa shape index (κ3) is 18.0. The second-order valence-corrected chi connectivity index (χ2v) is 18.1. The number of ketones is 2. The van der Waals surface area contributed by atoms with Crippen molar-refractivity contribution in [2.24, 2.45) is 0 Å². The summed E-state index contributed by atoms with van der Waals surface area (Å²) >= 11 is 0. The summed E-state index contributed by atoms with van der Waals surface area (Å²) in [5.41, 5.74) is 1.46. The fourth-order valence-electron chi connectivity index (χ4n) is 8.37. The van der Waals surface area contributed by atoms with E-state index in [1.807, 2.05) is 48.5 Å². The molecule has 3 heterocycles. The molecule has 0 amide bonds. The van der Waals surface area contributed by atoms with Crippen LogP contribution in [0.2, 0.25) is 0 Å². The lowest BCUT2D eigenvalue weighted by Gasteiger charge is -2.17. The van der Waals surface area contributed by atoms with E-state index >= 15 is 0 Å². The molecular formula is C62H68O20. The Morgan fingerprint density at radius 1 is 0.195 bits per heavy atom. The number of rotatable bonds is 4. The average Bonchev–Trinajstić information content (AvgIpc) is 3.71. The van der Waals surface area contributed by atoms with Gasteiger partial charge in [-0.2, -0.15) is 0 Å². The molecule has 436 valence electrons. The number of carbonyl (C=O) groups excluding carboxylic acids is 2. The van der Waals surface area contributed by atoms with Crippen LogP contribution in [0.1, 0.15) is 31.8 Å². The Bertz CT molecular complexity index is 2750. The lowest BCUT2D eigenvalue weighted by atomic mass is 10.0. The molecule has 20 nitrogen and oxygen atoms in total. The van der Waals surface area contributed by atoms with Gasteiger partial charge in [-0.3, -0.25) is 9.59 Å². The van der Waals surface area contributed by atoms with Crippen molar-refractivity contribution in [3.63, 3.8) is 0 Å². The molecule has 9 rings (SSSR count). The van der Waals surface area contributed by atoms with E-state index in [1.54, 1.807) is 72.8 Å². The van der Waals surface area contributed by atoms with Gasteiger partial charge in [0.2, 0.25) is 0 Å². The van der Waals surface area contributed by atoms with Crippen LogP contribution in [-0.2, 0) is 28.4 Å². The van der Waals surface area contributed by atoms with E-state index in [-0.39, 0.29) is 104 Å². The number of hydrogen-bond donors (Lipinski definition) is 0. The summed E-state index contributed by atoms with van der Waals surface area (Å²) in [6.07, 6.45) is 0. The molecule has 0 aromatic heterocycles. The summed E-state index contributed by atoms with van der Waals surface area (Å²) in [5.74, 6) is 5.14. The van der Waals surface area contributed by atoms with E-state index in [1.165, 1.54) is 0 Å². The molecule has 3 aliphatic rings. The molecule has 6 aromatic carbocycles. The van der Waals surface area contributed by atoms with Crippen molar-refractivity contribution in [2.45, 2.75) is 0 Å². The Kier molecular flexibility index (Phi) is 23.2. The van der Waals surface area contributed by atoms with Crippen molar-refractivity contribution in [2.75, 3.05) is 159 Å². The molecular weight excluding hydrogens is 1060 g/mol. The number of hydrogen-bond acceptors (Lipinski definition) is 20. The van der Waals surface area contributed by atoms with E-state index in [4.69, 9.17) is 85.3 Å². The molecule has 0 bridgehead atoms. The Hall–Kier alpha value is -7.98. The average molecular weight is 1130 g/mol. The van der Waals surface area contributed by atoms with E-state index in [9.17, 15) is 9.59 Å². The summed E-state index contributed by atoms with van der Waals surface area (Å²) < 4.78 is 107. The topological polar surface area (TPSA) is 200 Å². The molecule has 0 N–H and O–H groups in total. The summed E-state index contributed by atoms with van der Waals surface area (Å²) in [7, 11) is 0. The fourth-order valence-corrected chi connectivity index (χ4v) is 8.37. The van der Waals surface area contributed by atoms with Crippen LogP contribution in [0.15, 0.2) is 121 Å². The first-order chi connectivity index (χ1) is 40.6. The van der Waals surface area contributed by atoms with Gasteiger partial charge in [-0.15, -0.1) is 0 Å². The Morgan fingerprint density at radius 2 is 0.354 bits per heavy atom. The van der Waals surface area contributed by atoms with Crippen LogP contribution in [0.4, 0.5) is 0 Å². The first-order valence-electron chi connectivity index (χ1n) is 27.4. The first kappa shape index (κ1) is 58.7. The van der Waals surface area contributed by atoms with Crippen LogP contribution in [0.3, 0.4) is 0 Å². The summed E-state index contributed by atoms with van der Waals surface area (Å²) in [6, 6.07) is 35.0. The Morgan fingerprint density at radius 3 is 0.537 bits per heavy atom. The van der Waals surface area contributed by atoms with Crippen LogP contribution < -0.4 is 56.8 Å². The summed E-state index contributed by atoms with van der Waals surface area (Å²) in [4.78, 5) is 28.2. The van der Waals surface area contributed by atoms with Crippen molar-refractivity contribution < 1.29 is 94.9 Å². The van der Waals surface area contributed by atoms with Gasteiger partial charge < -0.3 is 85.3 Å². The second kappa shape index (κ2) is 32.5. The van der Waals surface area contributed by atoms with Crippen LogP contribution in [-0.4, -0.2) is 170 Å². The van der Waals surface area contributed by atoms with Gasteiger partial charge in [0.25, 0.3) is 0 Å². The zero-order valence-corrected chi connectivity index (χ0v) is 45.7. The van der Waals surface area contributed by atoms with Gasteiger partial charge in [-0.1, -0.05) is 24.3 Å². The highest BCUT2D eigenvalue weighted by Crippen LogP contribution is 2.35. The Labute approximate surface area is 476 Å². The zero-order valence-electron chi connectivity index (χ0n) is 45.7. The SMILES string of the molecule is O=C(c1ccc2c(c1)OCCOCCOc1ccccc1OCCOCCO2)c1ccc2c(c1)OCCOCCOc1ccc(C(=O)c3ccc4c(c3)OCCOCCOc3ccccc3OCCOCCO4)cc1OCCOCCO2. The lowest BCUT2D eigenvalue weighted by molar-refractivity contribution is 0.0639. The molecule has 0 saturated heterocycles. The minimum absolute atomic E-state index is 0.140. The van der Waals surface area contributed by atoms with Gasteiger partial charge in [0.1, 0.15) is 79.3 Å². The molecule has 6 aromatic rings. The van der Waals surface area contributed by atoms with Crippen LogP contribution >= 0.6 is 0 Å². The third-order valence-corrected chi connectivity index (χ3v) is 12.3. The second-order valence-electron chi connectivity index (χ2n) is 18.1. The summed E-state index contributed by atoms with van der Waals surface area (Å²) in [5, 5.41) is 0. The van der Waals surface area contributed by atoms with Crippen molar-refractivity contribution in [3.8, 4) is 69.0 Å². The maximum atomic E-state index is 14.1. The van der Waals surface area contributed by atoms with Gasteiger partial charge in [0.05, 0.1) is 79.3 Å². The number of fused-ring (bicyclic) bond motifs is 6. The highest BCUT2D eigenvalue weighted by molar-refractivity contribution is 6.10. The van der Waals surface area contributed by atoms with Crippen molar-refractivity contribution >= 4 is 11.6 Å². The minimum atomic E-state index is -0.275. The third-order valence-electron chi connectivity index (χ3n) is 12.3. The molecule has 0 unspecified atom stereocenters. The minimum Gasteiger partial charge on any atom is -0.487 e. The van der Waals surface area contributed by atoms with Crippen LogP contribution in [0.5, 0.6) is 69.0 Å². The predicted octanol–water partition coefficient (Wildman–Crippen LogP) is 7.94. The van der Waals surface area contributed by atoms with Crippen molar-refractivity contribution in [3.05, 3.63) is 144 Å². The number of ether oxygens (including phenoxy) is 18. The smallest absolute Gasteiger partial charge is 0.193 e. The van der Waals surface area contributed by atoms with Crippen LogP contribution in [0, 0.1) is 0 Å². The molecule has 0 spiro atoms. The lowest BCUT2D eigenvalue weighted by Crippen LogP contribution is -2.16. The standard InChI is InChI=1S/C62H68O20/c63-61(45-9-13-53-57(41-45)79-37-25-67-19-31-73-51-7-3-1-5-49(51)71-29-17-65-21-33-75-53)47-11-15-55-59(43-47)81-39-27-69-24-36-78-56-16-12-48(44-60(56)82-40-28-70-23-35-77-55)62(64)46-10-14-54-58(42-46)80-38-26-68-20-32-74-52-8-4-2-6-50(52)72-30-18-66-22-34-76-54/h1-16,41-44H,17-40H2. The molecule has 0 fully saturated rings. The normalized spacial score (nSPS) is 17.1. The van der Waals surface area contributed by atoms with Gasteiger partial charge in [0, 0.05) is 22.3 Å². The quantitative estimate of drug-likeness (QED) is 0.154. The fraction of sp³-hybridized carbons (Fsp3) is 0.387. The van der Waals surface area contributed by atoms with E-state index in [0.717, 1.165) is 0 Å². The summed E-state index contributed by atoms with van der Waals surface area (Å²) in [6.45, 7) is 6.08. The molecule has 0 saturated carbocycles. The van der Waals surface area contributed by atoms with E-state index < -0.39 is 0 Å². The van der Waals surface area contributed by atoms with Crippen LogP contribution in [0.25, 0.3) is 0 Å². The molecule has 0 aliphatic carbocycles. The zero-order chi connectivity index (χ0) is 56.2. The number of carbonyl (C=O) groups is 2. The number of para-hydroxylation sites is 4. The highest BCUT2D eigenvalue weighted by atomic mass is 16.6. The predicted molar refractivity (Wildman–Crippen MR) is 296 cm³/mol. The molecule has 0 atom stereocenters. The van der Waals surface area contributed by atoms with Gasteiger partial charge >= 0.3 is 0 Å².